The minimum Gasteiger partial charge on any atom is -0.467 e. The first kappa shape index (κ1) is 22.0. The molecule has 4 aromatic rings. The van der Waals surface area contributed by atoms with Crippen LogP contribution < -0.4 is 9.64 Å². The van der Waals surface area contributed by atoms with Gasteiger partial charge in [-0.3, -0.25) is 4.98 Å². The number of fused-ring (bicyclic) bond motifs is 2. The van der Waals surface area contributed by atoms with E-state index in [9.17, 15) is 9.50 Å². The summed E-state index contributed by atoms with van der Waals surface area (Å²) in [4.78, 5) is 15.0. The second kappa shape index (κ2) is 8.50. The molecule has 2 aromatic heterocycles. The van der Waals surface area contributed by atoms with Crippen molar-refractivity contribution in [3.8, 4) is 29.6 Å². The van der Waals surface area contributed by atoms with E-state index < -0.39 is 17.7 Å². The van der Waals surface area contributed by atoms with Gasteiger partial charge in [-0.1, -0.05) is 37.1 Å². The van der Waals surface area contributed by atoms with Crippen molar-refractivity contribution < 1.29 is 18.6 Å². The van der Waals surface area contributed by atoms with Crippen molar-refractivity contribution in [1.29, 1.82) is 0 Å². The highest BCUT2D eigenvalue weighted by atomic mass is 19.1. The van der Waals surface area contributed by atoms with Crippen LogP contribution in [0.5, 0.6) is 6.01 Å². The van der Waals surface area contributed by atoms with E-state index in [1.165, 1.54) is 19.4 Å². The summed E-state index contributed by atoms with van der Waals surface area (Å²) in [5.41, 5.74) is 0.436. The molecule has 2 atom stereocenters. The zero-order valence-corrected chi connectivity index (χ0v) is 18.7. The molecule has 1 aliphatic heterocycles. The molecule has 5 rings (SSSR count). The number of piperidine rings is 1. The molecule has 0 amide bonds. The number of halogens is 2. The number of aromatic nitrogens is 3. The molecule has 2 aromatic carbocycles. The zero-order valence-electron chi connectivity index (χ0n) is 18.7. The summed E-state index contributed by atoms with van der Waals surface area (Å²) in [5, 5.41) is 11.8. The van der Waals surface area contributed by atoms with Crippen LogP contribution in [-0.2, 0) is 0 Å². The van der Waals surface area contributed by atoms with E-state index in [1.54, 1.807) is 24.3 Å². The number of aliphatic hydroxyl groups is 1. The van der Waals surface area contributed by atoms with Gasteiger partial charge in [-0.05, 0) is 23.8 Å². The van der Waals surface area contributed by atoms with E-state index in [0.717, 1.165) is 0 Å². The standard InChI is InChI=1S/C26H22F2N4O2/c1-4-17-20(27)9-8-15-6-5-7-18(21(15)17)23-22(28)24-19(11-29-23)25(31-26(30-24)34-3)32-12-14(2)10-16(33)13-32/h1,5-9,11,14,16,33H,10,12-13H2,2-3H3. The maximum Gasteiger partial charge on any atom is 0.318 e. The molecule has 0 saturated carbocycles. The first-order valence-corrected chi connectivity index (χ1v) is 10.9. The number of ether oxygens (including phenoxy) is 1. The number of β-amino-alcohol motifs (C(OH)–C–C–N with tert-alkyl or cyclic N) is 1. The van der Waals surface area contributed by atoms with Crippen LogP contribution in [0.1, 0.15) is 18.9 Å². The number of hydrogen-bond donors (Lipinski definition) is 1. The number of aliphatic hydroxyl groups excluding tert-OH is 1. The summed E-state index contributed by atoms with van der Waals surface area (Å²) >= 11 is 0. The molecule has 172 valence electrons. The van der Waals surface area contributed by atoms with Crippen molar-refractivity contribution in [1.82, 2.24) is 15.0 Å². The quantitative estimate of drug-likeness (QED) is 0.459. The van der Waals surface area contributed by atoms with Crippen molar-refractivity contribution in [3.63, 3.8) is 0 Å². The van der Waals surface area contributed by atoms with E-state index in [0.29, 0.717) is 47.1 Å². The van der Waals surface area contributed by atoms with Crippen molar-refractivity contribution in [2.75, 3.05) is 25.1 Å². The molecular formula is C26H22F2N4O2. The van der Waals surface area contributed by atoms with Gasteiger partial charge in [-0.25, -0.2) is 8.78 Å². The first-order chi connectivity index (χ1) is 16.4. The summed E-state index contributed by atoms with van der Waals surface area (Å²) in [6, 6.07) is 8.07. The maximum atomic E-state index is 16.0. The Labute approximate surface area is 195 Å². The van der Waals surface area contributed by atoms with Crippen LogP contribution in [-0.4, -0.2) is 46.4 Å². The van der Waals surface area contributed by atoms with E-state index in [4.69, 9.17) is 11.2 Å². The molecule has 2 unspecified atom stereocenters. The molecule has 8 heteroatoms. The number of rotatable bonds is 3. The Kier molecular flexibility index (Phi) is 5.50. The molecule has 3 heterocycles. The number of methoxy groups -OCH3 is 1. The van der Waals surface area contributed by atoms with Crippen molar-refractivity contribution in [3.05, 3.63) is 53.7 Å². The fraction of sp³-hybridized carbons (Fsp3) is 0.269. The minimum atomic E-state index is -0.690. The third kappa shape index (κ3) is 3.58. The molecule has 1 aliphatic rings. The summed E-state index contributed by atoms with van der Waals surface area (Å²) in [6.45, 7) is 3.04. The fourth-order valence-electron chi connectivity index (χ4n) is 4.73. The van der Waals surface area contributed by atoms with E-state index in [1.807, 2.05) is 11.8 Å². The van der Waals surface area contributed by atoms with Gasteiger partial charge in [0, 0.05) is 30.2 Å². The van der Waals surface area contributed by atoms with Crippen LogP contribution >= 0.6 is 0 Å². The molecule has 1 N–H and O–H groups in total. The van der Waals surface area contributed by atoms with E-state index in [2.05, 4.69) is 20.9 Å². The Hall–Kier alpha value is -3.83. The van der Waals surface area contributed by atoms with Crippen molar-refractivity contribution in [2.24, 2.45) is 5.92 Å². The number of terminal acetylenes is 1. The number of anilines is 1. The number of nitrogens with zero attached hydrogens (tertiary/aromatic N) is 4. The average Bonchev–Trinajstić information content (AvgIpc) is 2.83. The summed E-state index contributed by atoms with van der Waals surface area (Å²) in [6.07, 6.45) is 7.25. The highest BCUT2D eigenvalue weighted by Crippen LogP contribution is 2.37. The monoisotopic (exact) mass is 460 g/mol. The van der Waals surface area contributed by atoms with Crippen molar-refractivity contribution >= 4 is 27.5 Å². The van der Waals surface area contributed by atoms with E-state index >= 15 is 4.39 Å². The smallest absolute Gasteiger partial charge is 0.318 e. The van der Waals surface area contributed by atoms with Crippen LogP contribution in [0.2, 0.25) is 0 Å². The van der Waals surface area contributed by atoms with Gasteiger partial charge in [0.15, 0.2) is 5.82 Å². The molecule has 34 heavy (non-hydrogen) atoms. The Morgan fingerprint density at radius 3 is 2.74 bits per heavy atom. The molecule has 0 bridgehead atoms. The van der Waals surface area contributed by atoms with Gasteiger partial charge in [0.1, 0.15) is 22.8 Å². The van der Waals surface area contributed by atoms with Gasteiger partial charge in [0.05, 0.1) is 24.2 Å². The van der Waals surface area contributed by atoms with Gasteiger partial charge in [-0.2, -0.15) is 9.97 Å². The van der Waals surface area contributed by atoms with Crippen LogP contribution in [0.3, 0.4) is 0 Å². The van der Waals surface area contributed by atoms with Crippen LogP contribution in [0.25, 0.3) is 32.9 Å². The number of pyridine rings is 1. The van der Waals surface area contributed by atoms with Gasteiger partial charge >= 0.3 is 6.01 Å². The second-order valence-corrected chi connectivity index (χ2v) is 8.59. The summed E-state index contributed by atoms with van der Waals surface area (Å²) in [5.74, 6) is 1.80. The lowest BCUT2D eigenvalue weighted by Crippen LogP contribution is -2.43. The molecule has 0 aliphatic carbocycles. The molecule has 1 saturated heterocycles. The molecular weight excluding hydrogens is 438 g/mol. The van der Waals surface area contributed by atoms with E-state index in [-0.39, 0.29) is 28.7 Å². The lowest BCUT2D eigenvalue weighted by Gasteiger charge is -2.35. The van der Waals surface area contributed by atoms with Crippen molar-refractivity contribution in [2.45, 2.75) is 19.4 Å². The predicted octanol–water partition coefficient (Wildman–Crippen LogP) is 4.32. The average molecular weight is 460 g/mol. The largest absolute Gasteiger partial charge is 0.467 e. The molecule has 0 radical (unpaired) electrons. The minimum absolute atomic E-state index is 0.000422. The Bertz CT molecular complexity index is 1460. The first-order valence-electron chi connectivity index (χ1n) is 10.9. The molecule has 0 spiro atoms. The number of hydrogen-bond acceptors (Lipinski definition) is 6. The third-order valence-corrected chi connectivity index (χ3v) is 6.16. The van der Waals surface area contributed by atoms with Crippen LogP contribution in [0, 0.1) is 29.9 Å². The summed E-state index contributed by atoms with van der Waals surface area (Å²) < 4.78 is 35.7. The third-order valence-electron chi connectivity index (χ3n) is 6.16. The van der Waals surface area contributed by atoms with Gasteiger partial charge in [0.2, 0.25) is 0 Å². The lowest BCUT2D eigenvalue weighted by molar-refractivity contribution is 0.132. The predicted molar refractivity (Wildman–Crippen MR) is 127 cm³/mol. The normalized spacial score (nSPS) is 18.3. The van der Waals surface area contributed by atoms with Gasteiger partial charge in [-0.15, -0.1) is 6.42 Å². The highest BCUT2D eigenvalue weighted by molar-refractivity contribution is 6.02. The molecule has 1 fully saturated rings. The highest BCUT2D eigenvalue weighted by Gasteiger charge is 2.28. The van der Waals surface area contributed by atoms with Crippen LogP contribution in [0.15, 0.2) is 36.5 Å². The maximum absolute atomic E-state index is 16.0. The second-order valence-electron chi connectivity index (χ2n) is 8.59. The lowest BCUT2D eigenvalue weighted by atomic mass is 9.96. The van der Waals surface area contributed by atoms with Gasteiger partial charge in [0.25, 0.3) is 0 Å². The SMILES string of the molecule is C#Cc1c(F)ccc2cccc(-c3ncc4c(N5CC(C)CC(O)C5)nc(OC)nc4c3F)c12. The topological polar surface area (TPSA) is 71.4 Å². The van der Waals surface area contributed by atoms with Crippen LogP contribution in [0.4, 0.5) is 14.6 Å². The molecule has 6 nitrogen and oxygen atoms in total. The van der Waals surface area contributed by atoms with Gasteiger partial charge < -0.3 is 14.7 Å². The fourth-order valence-corrected chi connectivity index (χ4v) is 4.73. The number of benzene rings is 2. The Balaban J connectivity index is 1.76. The zero-order chi connectivity index (χ0) is 24.0. The summed E-state index contributed by atoms with van der Waals surface area (Å²) in [7, 11) is 1.41. The Morgan fingerprint density at radius 2 is 2.00 bits per heavy atom. The Morgan fingerprint density at radius 1 is 1.18 bits per heavy atom.